The number of fused-ring (bicyclic) bond motifs is 5. The van der Waals surface area contributed by atoms with Crippen LogP contribution in [0.3, 0.4) is 0 Å². The molecule has 34 heteroatoms. The van der Waals surface area contributed by atoms with Crippen LogP contribution < -0.4 is 87.2 Å². The van der Waals surface area contributed by atoms with E-state index in [2.05, 4.69) is 83.4 Å². The molecule has 5 aromatic heterocycles. The molecule has 0 spiro atoms. The van der Waals surface area contributed by atoms with Crippen LogP contribution in [0.1, 0.15) is 85.6 Å². The van der Waals surface area contributed by atoms with E-state index in [0.29, 0.717) is 74.4 Å². The van der Waals surface area contributed by atoms with Crippen LogP contribution in [0.5, 0.6) is 0 Å². The fourth-order valence-corrected chi connectivity index (χ4v) is 13.9. The zero-order chi connectivity index (χ0) is 80.5. The number of carboxylic acids is 1. The Kier molecular flexibility index (Phi) is 29.1. The van der Waals surface area contributed by atoms with Gasteiger partial charge in [0, 0.05) is 137 Å². The molecule has 5 heterocycles. The van der Waals surface area contributed by atoms with Crippen LogP contribution >= 0.6 is 0 Å². The molecule has 9 atom stereocenters. The lowest BCUT2D eigenvalue weighted by Gasteiger charge is -2.28. The number of nitrogens with two attached hydrogens (primary N) is 5. The number of benzene rings is 5. The molecular formula is C79H100N24O10. The lowest BCUT2D eigenvalue weighted by atomic mass is 10.00. The van der Waals surface area contributed by atoms with E-state index in [1.54, 1.807) is 55.2 Å². The fourth-order valence-electron chi connectivity index (χ4n) is 13.9. The third-order valence-electron chi connectivity index (χ3n) is 19.8. The van der Waals surface area contributed by atoms with Gasteiger partial charge in [0.15, 0.2) is 17.9 Å². The average Bonchev–Trinajstić information content (AvgIpc) is 1.74. The number of amides is 8. The van der Waals surface area contributed by atoms with E-state index in [9.17, 15) is 24.3 Å². The third-order valence-corrected chi connectivity index (χ3v) is 19.8. The number of aliphatic carboxylic acids is 1. The van der Waals surface area contributed by atoms with Gasteiger partial charge in [-0.05, 0) is 116 Å². The molecule has 10 rings (SSSR count). The molecule has 0 saturated carbocycles. The minimum absolute atomic E-state index is 0.00304. The number of unbranched alkanes of at least 4 members (excludes halogenated alkanes) is 1. The largest absolute Gasteiger partial charge is 0.480 e. The SMILES string of the molecule is N=C(N)NCCC[C@H](NC(=O)[C@H](Cc1c[nH]c2ccccc12)NC(=O)[C@H](Cc1c[nH]c2ccccc12)NC(=O)[C@H](CCCNC(=N)N)NC(=O)[C@H](Cc1c[nH]c2ccccc12)NC(=O)[C@H](CCCNC(=N)N)NC(=O)[C@@H](N)CCCCN)C(=O)N[C@@H](Cc1c[nH]c2ccccc12)C(=O)N[C@@H](Cc1c[nH]c2ccccc12)C(=O)O. The summed E-state index contributed by atoms with van der Waals surface area (Å²) >= 11 is 0. The summed E-state index contributed by atoms with van der Waals surface area (Å²) < 4.78 is 0. The van der Waals surface area contributed by atoms with E-state index in [0.717, 1.165) is 27.3 Å². The Bertz CT molecular complexity index is 5020. The summed E-state index contributed by atoms with van der Waals surface area (Å²) in [6.07, 6.45) is 9.03. The van der Waals surface area contributed by atoms with Gasteiger partial charge in [0.25, 0.3) is 0 Å². The number of guanidine groups is 3. The Morgan fingerprint density at radius 3 is 0.805 bits per heavy atom. The van der Waals surface area contributed by atoms with Crippen LogP contribution in [0.25, 0.3) is 54.5 Å². The second kappa shape index (κ2) is 39.9. The van der Waals surface area contributed by atoms with Crippen molar-refractivity contribution < 1.29 is 48.3 Å². The van der Waals surface area contributed by atoms with Gasteiger partial charge in [-0.2, -0.15) is 0 Å². The van der Waals surface area contributed by atoms with Crippen molar-refractivity contribution in [2.75, 3.05) is 26.2 Å². The van der Waals surface area contributed by atoms with E-state index in [1.165, 1.54) is 0 Å². The summed E-state index contributed by atoms with van der Waals surface area (Å²) in [5.41, 5.74) is 35.5. The first-order valence-corrected chi connectivity index (χ1v) is 37.6. The van der Waals surface area contributed by atoms with Crippen molar-refractivity contribution in [3.63, 3.8) is 0 Å². The zero-order valence-corrected chi connectivity index (χ0v) is 62.4. The minimum Gasteiger partial charge on any atom is -0.480 e. The highest BCUT2D eigenvalue weighted by molar-refractivity contribution is 6.00. The van der Waals surface area contributed by atoms with Crippen LogP contribution in [0.2, 0.25) is 0 Å². The van der Waals surface area contributed by atoms with Crippen molar-refractivity contribution in [2.24, 2.45) is 28.7 Å². The number of para-hydroxylation sites is 5. The molecule has 8 amide bonds. The molecule has 34 nitrogen and oxygen atoms in total. The summed E-state index contributed by atoms with van der Waals surface area (Å²) in [5, 5.41) is 68.4. The molecule has 596 valence electrons. The van der Waals surface area contributed by atoms with Crippen molar-refractivity contribution in [3.05, 3.63) is 180 Å². The second-order valence-corrected chi connectivity index (χ2v) is 28.0. The monoisotopic (exact) mass is 1540 g/mol. The number of H-pyrrole nitrogens is 5. The lowest BCUT2D eigenvalue weighted by Crippen LogP contribution is -2.61. The zero-order valence-electron chi connectivity index (χ0n) is 62.4. The van der Waals surface area contributed by atoms with Gasteiger partial charge < -0.3 is 117 Å². The van der Waals surface area contributed by atoms with Gasteiger partial charge in [0.05, 0.1) is 6.04 Å². The Morgan fingerprint density at radius 1 is 0.319 bits per heavy atom. The normalized spacial score (nSPS) is 13.8. The summed E-state index contributed by atoms with van der Waals surface area (Å²) in [7, 11) is 0. The van der Waals surface area contributed by atoms with Crippen LogP contribution in [0.4, 0.5) is 0 Å². The Labute approximate surface area is 649 Å². The van der Waals surface area contributed by atoms with Gasteiger partial charge in [-0.25, -0.2) is 4.79 Å². The first-order chi connectivity index (χ1) is 54.5. The minimum atomic E-state index is -1.56. The molecule has 0 aliphatic heterocycles. The number of rotatable bonds is 43. The van der Waals surface area contributed by atoms with Crippen molar-refractivity contribution >= 4 is 126 Å². The molecule has 0 bridgehead atoms. The number of nitrogens with one attached hydrogen (secondary N) is 19. The Balaban J connectivity index is 0.967. The average molecular weight is 1550 g/mol. The number of hydrogen-bond donors (Lipinski definition) is 25. The second-order valence-electron chi connectivity index (χ2n) is 28.0. The summed E-state index contributed by atoms with van der Waals surface area (Å²) in [6, 6.07) is 23.5. The van der Waals surface area contributed by atoms with Gasteiger partial charge in [0.2, 0.25) is 47.3 Å². The maximum atomic E-state index is 15.8. The van der Waals surface area contributed by atoms with E-state index < -0.39 is 108 Å². The topological polar surface area (TPSA) is 587 Å². The third kappa shape index (κ3) is 22.9. The first kappa shape index (κ1) is 82.3. The summed E-state index contributed by atoms with van der Waals surface area (Å²) in [5.74, 6) is -9.08. The molecular weight excluding hydrogens is 1450 g/mol. The predicted molar refractivity (Wildman–Crippen MR) is 431 cm³/mol. The number of hydrogen-bond acceptors (Lipinski definition) is 14. The number of carboxylic acid groups (broad SMARTS) is 1. The number of aromatic amines is 5. The number of carbonyl (C=O) groups excluding carboxylic acids is 8. The van der Waals surface area contributed by atoms with Gasteiger partial charge in [0.1, 0.15) is 48.3 Å². The van der Waals surface area contributed by atoms with Gasteiger partial charge in [-0.15, -0.1) is 0 Å². The molecule has 30 N–H and O–H groups in total. The van der Waals surface area contributed by atoms with E-state index in [-0.39, 0.29) is 115 Å². The Morgan fingerprint density at radius 2 is 0.549 bits per heavy atom. The van der Waals surface area contributed by atoms with Gasteiger partial charge in [-0.3, -0.25) is 54.6 Å². The highest BCUT2D eigenvalue weighted by Gasteiger charge is 2.37. The highest BCUT2D eigenvalue weighted by atomic mass is 16.4. The summed E-state index contributed by atoms with van der Waals surface area (Å²) in [6.45, 7) is 0.626. The molecule has 0 saturated heterocycles. The molecule has 0 unspecified atom stereocenters. The molecule has 113 heavy (non-hydrogen) atoms. The number of carbonyl (C=O) groups is 9. The summed E-state index contributed by atoms with van der Waals surface area (Å²) in [4.78, 5) is 150. The standard InChI is InChI=1S/C79H100N24O10/c80-30-12-11-21-54(81)68(104)96-60(27-13-31-88-77(82)83)69(105)99-63(34-44-39-91-55-22-6-1-16-49(44)55)72(108)97-61(28-14-32-89-78(84)85)70(106)100-65(36-46-41-93-57-24-8-3-18-51(46)57)74(110)102-64(35-45-40-92-56-23-7-2-17-50(45)56)73(109)98-62(29-15-33-90-79(86)87)71(107)101-66(37-47-42-94-58-25-9-4-19-52(47)58)75(111)103-67(76(112)113)38-48-43-95-59-26-10-5-20-53(48)59/h1-10,16-20,22-26,39-43,54,60-67,91-95H,11-15,21,27-38,80-81H2,(H,96,104)(H,97,108)(H,98,109)(H,99,105)(H,100,106)(H,101,107)(H,102,110)(H,103,111)(H,112,113)(H4,82,83,88)(H4,84,85,89)(H4,86,87,90)/t54-,60-,61-,62-,63-,64-,65-,66-,67-/m0/s1. The Hall–Kier alpha value is -13.2. The molecule has 10 aromatic rings. The molecule has 0 aliphatic rings. The number of aromatic nitrogens is 5. The van der Waals surface area contributed by atoms with Crippen molar-refractivity contribution in [1.82, 2.24) is 83.4 Å². The van der Waals surface area contributed by atoms with E-state index in [1.807, 2.05) is 97.1 Å². The van der Waals surface area contributed by atoms with E-state index >= 15 is 24.0 Å². The molecule has 0 radical (unpaired) electrons. The first-order valence-electron chi connectivity index (χ1n) is 37.6. The molecule has 0 aliphatic carbocycles. The predicted octanol–water partition coefficient (Wildman–Crippen LogP) is 1.82. The van der Waals surface area contributed by atoms with Crippen LogP contribution in [-0.2, 0) is 75.3 Å². The van der Waals surface area contributed by atoms with E-state index in [4.69, 9.17) is 44.9 Å². The maximum Gasteiger partial charge on any atom is 0.326 e. The maximum absolute atomic E-state index is 15.8. The highest BCUT2D eigenvalue weighted by Crippen LogP contribution is 2.26. The van der Waals surface area contributed by atoms with Crippen LogP contribution in [-0.4, -0.2) is 182 Å². The molecule has 0 fully saturated rings. The van der Waals surface area contributed by atoms with Crippen molar-refractivity contribution in [3.8, 4) is 0 Å². The smallest absolute Gasteiger partial charge is 0.326 e. The quantitative estimate of drug-likeness (QED) is 0.0147. The van der Waals surface area contributed by atoms with Gasteiger partial charge >= 0.3 is 5.97 Å². The van der Waals surface area contributed by atoms with Crippen LogP contribution in [0, 0.1) is 16.2 Å². The molecule has 5 aromatic carbocycles. The van der Waals surface area contributed by atoms with Crippen LogP contribution in [0.15, 0.2) is 152 Å². The lowest BCUT2D eigenvalue weighted by molar-refractivity contribution is -0.142. The van der Waals surface area contributed by atoms with Crippen molar-refractivity contribution in [2.45, 2.75) is 144 Å². The fraction of sp³-hybridized carbons (Fsp3) is 0.342. The van der Waals surface area contributed by atoms with Gasteiger partial charge in [-0.1, -0.05) is 97.4 Å². The van der Waals surface area contributed by atoms with Crippen molar-refractivity contribution in [1.29, 1.82) is 16.2 Å².